The van der Waals surface area contributed by atoms with Crippen LogP contribution in [0.15, 0.2) is 73.2 Å². The van der Waals surface area contributed by atoms with E-state index >= 15 is 0 Å². The highest BCUT2D eigenvalue weighted by molar-refractivity contribution is 5.65. The number of aromatic nitrogens is 2. The molecule has 0 aliphatic carbocycles. The number of imidazole rings is 1. The van der Waals surface area contributed by atoms with E-state index in [-0.39, 0.29) is 0 Å². The van der Waals surface area contributed by atoms with E-state index in [1.807, 2.05) is 42.6 Å². The molecule has 0 aliphatic heterocycles. The Hall–Kier alpha value is -3.08. The number of nitrogens with one attached hydrogen (secondary N) is 2. The summed E-state index contributed by atoms with van der Waals surface area (Å²) in [5.74, 6) is 0. The van der Waals surface area contributed by atoms with Crippen LogP contribution >= 0.6 is 0 Å². The number of hydrogen-bond donors (Lipinski definition) is 3. The van der Waals surface area contributed by atoms with Gasteiger partial charge in [-0.05, 0) is 30.4 Å². The summed E-state index contributed by atoms with van der Waals surface area (Å²) in [6, 6.07) is 20.3. The number of benzene rings is 2. The Kier molecular flexibility index (Phi) is 5.69. The fourth-order valence-corrected chi connectivity index (χ4v) is 3.49. The van der Waals surface area contributed by atoms with Crippen molar-refractivity contribution in [1.82, 2.24) is 15.3 Å². The third-order valence-electron chi connectivity index (χ3n) is 4.79. The maximum absolute atomic E-state index is 11.2. The summed E-state index contributed by atoms with van der Waals surface area (Å²) in [7, 11) is 0. The van der Waals surface area contributed by atoms with Gasteiger partial charge in [0.15, 0.2) is 0 Å². The quantitative estimate of drug-likeness (QED) is 0.575. The van der Waals surface area contributed by atoms with Crippen LogP contribution in [0, 0.1) is 0 Å². The minimum atomic E-state index is -1.01. The Morgan fingerprint density at radius 2 is 1.65 bits per heavy atom. The van der Waals surface area contributed by atoms with Crippen LogP contribution in [0.2, 0.25) is 0 Å². The second-order valence-corrected chi connectivity index (χ2v) is 6.39. The minimum Gasteiger partial charge on any atom is -0.465 e. The smallest absolute Gasteiger partial charge is 0.404 e. The number of carbonyl (C=O) groups is 1. The first kappa shape index (κ1) is 17.7. The lowest BCUT2D eigenvalue weighted by Crippen LogP contribution is -2.41. The fraction of sp³-hybridized carbons (Fsp3) is 0.238. The summed E-state index contributed by atoms with van der Waals surface area (Å²) in [4.78, 5) is 18.5. The van der Waals surface area contributed by atoms with E-state index in [9.17, 15) is 9.90 Å². The van der Waals surface area contributed by atoms with Crippen LogP contribution in [0.1, 0.15) is 29.7 Å². The van der Waals surface area contributed by atoms with E-state index in [0.717, 1.165) is 36.1 Å². The summed E-state index contributed by atoms with van der Waals surface area (Å²) in [5, 5.41) is 11.8. The molecule has 0 saturated carbocycles. The summed E-state index contributed by atoms with van der Waals surface area (Å²) in [6.07, 6.45) is 5.14. The lowest BCUT2D eigenvalue weighted by atomic mass is 9.71. The molecule has 1 aromatic heterocycles. The molecule has 0 fully saturated rings. The highest BCUT2D eigenvalue weighted by Crippen LogP contribution is 2.36. The Bertz CT molecular complexity index is 762. The number of nitrogens with zero attached hydrogens (tertiary/aromatic N) is 1. The van der Waals surface area contributed by atoms with E-state index in [1.54, 1.807) is 6.33 Å². The molecule has 5 heteroatoms. The largest absolute Gasteiger partial charge is 0.465 e. The van der Waals surface area contributed by atoms with Gasteiger partial charge in [0.2, 0.25) is 0 Å². The molecule has 26 heavy (non-hydrogen) atoms. The van der Waals surface area contributed by atoms with Crippen molar-refractivity contribution in [2.24, 2.45) is 0 Å². The van der Waals surface area contributed by atoms with Crippen molar-refractivity contribution in [3.63, 3.8) is 0 Å². The lowest BCUT2D eigenvalue weighted by Gasteiger charge is -2.35. The molecular formula is C21H23N3O2. The van der Waals surface area contributed by atoms with Crippen molar-refractivity contribution in [2.45, 2.75) is 24.7 Å². The Morgan fingerprint density at radius 3 is 2.15 bits per heavy atom. The summed E-state index contributed by atoms with van der Waals surface area (Å²) in [5.41, 5.74) is 2.83. The monoisotopic (exact) mass is 349 g/mol. The SMILES string of the molecule is O=C(O)NCC(CCCc1c[nH]cn1)(c1ccccc1)c1ccccc1. The van der Waals surface area contributed by atoms with Crippen molar-refractivity contribution >= 4 is 6.09 Å². The fourth-order valence-electron chi connectivity index (χ4n) is 3.49. The van der Waals surface area contributed by atoms with Crippen LogP contribution in [-0.4, -0.2) is 27.7 Å². The second-order valence-electron chi connectivity index (χ2n) is 6.39. The van der Waals surface area contributed by atoms with Gasteiger partial charge in [-0.25, -0.2) is 9.78 Å². The van der Waals surface area contributed by atoms with Crippen LogP contribution in [0.25, 0.3) is 0 Å². The minimum absolute atomic E-state index is 0.330. The lowest BCUT2D eigenvalue weighted by molar-refractivity contribution is 0.191. The van der Waals surface area contributed by atoms with E-state index in [0.29, 0.717) is 6.54 Å². The van der Waals surface area contributed by atoms with Crippen molar-refractivity contribution in [2.75, 3.05) is 6.54 Å². The van der Waals surface area contributed by atoms with Gasteiger partial charge < -0.3 is 15.4 Å². The van der Waals surface area contributed by atoms with Crippen LogP contribution in [0.5, 0.6) is 0 Å². The highest BCUT2D eigenvalue weighted by atomic mass is 16.4. The predicted molar refractivity (Wildman–Crippen MR) is 101 cm³/mol. The molecular weight excluding hydrogens is 326 g/mol. The number of hydrogen-bond acceptors (Lipinski definition) is 2. The standard InChI is InChI=1S/C21H23N3O2/c25-20(26)23-15-21(17-8-3-1-4-9-17,18-10-5-2-6-11-18)13-7-12-19-14-22-16-24-19/h1-6,8-11,14,16,23H,7,12-13,15H2,(H,22,24)(H,25,26). The first-order chi connectivity index (χ1) is 12.7. The summed E-state index contributed by atoms with van der Waals surface area (Å²) < 4.78 is 0. The predicted octanol–water partition coefficient (Wildman–Crippen LogP) is 3.99. The topological polar surface area (TPSA) is 78.0 Å². The normalized spacial score (nSPS) is 11.2. The van der Waals surface area contributed by atoms with Crippen molar-refractivity contribution in [3.8, 4) is 0 Å². The molecule has 134 valence electrons. The Labute approximate surface area is 153 Å². The molecule has 5 nitrogen and oxygen atoms in total. The second kappa shape index (κ2) is 8.34. The Morgan fingerprint density at radius 1 is 1.04 bits per heavy atom. The number of rotatable bonds is 8. The molecule has 2 aromatic carbocycles. The van der Waals surface area contributed by atoms with Crippen LogP contribution < -0.4 is 5.32 Å². The van der Waals surface area contributed by atoms with Crippen LogP contribution in [0.4, 0.5) is 4.79 Å². The Balaban J connectivity index is 1.94. The van der Waals surface area contributed by atoms with Crippen molar-refractivity contribution < 1.29 is 9.90 Å². The number of aromatic amines is 1. The molecule has 3 N–H and O–H groups in total. The van der Waals surface area contributed by atoms with E-state index in [4.69, 9.17) is 0 Å². The number of aryl methyl sites for hydroxylation is 1. The molecule has 0 saturated heterocycles. The highest BCUT2D eigenvalue weighted by Gasteiger charge is 2.34. The maximum atomic E-state index is 11.2. The van der Waals surface area contributed by atoms with E-state index in [1.165, 1.54) is 0 Å². The summed E-state index contributed by atoms with van der Waals surface area (Å²) in [6.45, 7) is 0.330. The average molecular weight is 349 g/mol. The number of H-pyrrole nitrogens is 1. The van der Waals surface area contributed by atoms with Gasteiger partial charge in [-0.3, -0.25) is 0 Å². The van der Waals surface area contributed by atoms with Gasteiger partial charge >= 0.3 is 6.09 Å². The van der Waals surface area contributed by atoms with Gasteiger partial charge in [0.05, 0.1) is 12.0 Å². The molecule has 0 aliphatic rings. The molecule has 1 amide bonds. The van der Waals surface area contributed by atoms with Crippen LogP contribution in [-0.2, 0) is 11.8 Å². The van der Waals surface area contributed by atoms with Crippen LogP contribution in [0.3, 0.4) is 0 Å². The van der Waals surface area contributed by atoms with Gasteiger partial charge in [0.25, 0.3) is 0 Å². The number of amides is 1. The molecule has 0 atom stereocenters. The molecule has 0 unspecified atom stereocenters. The van der Waals surface area contributed by atoms with E-state index < -0.39 is 11.5 Å². The van der Waals surface area contributed by atoms with Crippen molar-refractivity contribution in [1.29, 1.82) is 0 Å². The average Bonchev–Trinajstić information content (AvgIpc) is 3.19. The zero-order valence-corrected chi connectivity index (χ0v) is 14.6. The molecule has 3 aromatic rings. The third kappa shape index (κ3) is 4.11. The van der Waals surface area contributed by atoms with E-state index in [2.05, 4.69) is 39.6 Å². The summed E-state index contributed by atoms with van der Waals surface area (Å²) >= 11 is 0. The number of carboxylic acid groups (broad SMARTS) is 1. The van der Waals surface area contributed by atoms with Crippen molar-refractivity contribution in [3.05, 3.63) is 90.0 Å². The van der Waals surface area contributed by atoms with Gasteiger partial charge in [-0.1, -0.05) is 60.7 Å². The first-order valence-electron chi connectivity index (χ1n) is 8.76. The van der Waals surface area contributed by atoms with Gasteiger partial charge in [-0.2, -0.15) is 0 Å². The van der Waals surface area contributed by atoms with Gasteiger partial charge in [-0.15, -0.1) is 0 Å². The molecule has 3 rings (SSSR count). The van der Waals surface area contributed by atoms with Gasteiger partial charge in [0, 0.05) is 18.2 Å². The van der Waals surface area contributed by atoms with Gasteiger partial charge in [0.1, 0.15) is 0 Å². The molecule has 1 heterocycles. The zero-order chi connectivity index (χ0) is 18.2. The molecule has 0 bridgehead atoms. The third-order valence-corrected chi connectivity index (χ3v) is 4.79. The maximum Gasteiger partial charge on any atom is 0.404 e. The zero-order valence-electron chi connectivity index (χ0n) is 14.6. The molecule has 0 spiro atoms. The first-order valence-corrected chi connectivity index (χ1v) is 8.76. The molecule has 0 radical (unpaired) electrons.